The van der Waals surface area contributed by atoms with E-state index >= 15 is 0 Å². The molecule has 9 nitrogen and oxygen atoms in total. The first-order chi connectivity index (χ1) is 20.1. The Morgan fingerprint density at radius 3 is 2.44 bits per heavy atom. The summed E-state index contributed by atoms with van der Waals surface area (Å²) in [6.45, 7) is 8.56. The smallest absolute Gasteiger partial charge is 0.142 e. The summed E-state index contributed by atoms with van der Waals surface area (Å²) in [4.78, 5) is 2.37. The molecule has 0 saturated carbocycles. The van der Waals surface area contributed by atoms with Crippen LogP contribution >= 0.6 is 0 Å². The maximum absolute atomic E-state index is 9.89. The SMILES string of the molecule is COCCCCOc1ccc([C@@H]2[C@@H](OCc3ccc4c(c3)N(CCCOC)CCO4)CNC[C@H]2OC[C@H](C)O)cc1. The number of hydrogen-bond acceptors (Lipinski definition) is 9. The van der Waals surface area contributed by atoms with E-state index in [-0.39, 0.29) is 24.7 Å². The molecule has 228 valence electrons. The van der Waals surface area contributed by atoms with Gasteiger partial charge in [0.15, 0.2) is 0 Å². The number of nitrogens with one attached hydrogen (secondary N) is 1. The fraction of sp³-hybridized carbons (Fsp3) is 0.625. The summed E-state index contributed by atoms with van der Waals surface area (Å²) in [6.07, 6.45) is 2.14. The molecule has 0 aliphatic carbocycles. The van der Waals surface area contributed by atoms with Gasteiger partial charge in [0.25, 0.3) is 0 Å². The number of hydrogen-bond donors (Lipinski definition) is 2. The summed E-state index contributed by atoms with van der Waals surface area (Å²) in [5, 5.41) is 13.4. The van der Waals surface area contributed by atoms with Gasteiger partial charge in [-0.05, 0) is 61.6 Å². The lowest BCUT2D eigenvalue weighted by Crippen LogP contribution is -2.51. The predicted octanol–water partition coefficient (Wildman–Crippen LogP) is 3.77. The van der Waals surface area contributed by atoms with Crippen molar-refractivity contribution in [3.8, 4) is 11.5 Å². The van der Waals surface area contributed by atoms with Crippen LogP contribution in [0.2, 0.25) is 0 Å². The number of methoxy groups -OCH3 is 2. The molecule has 0 unspecified atom stereocenters. The summed E-state index contributed by atoms with van der Waals surface area (Å²) in [5.41, 5.74) is 3.36. The van der Waals surface area contributed by atoms with Gasteiger partial charge in [-0.2, -0.15) is 0 Å². The van der Waals surface area contributed by atoms with Crippen molar-refractivity contribution in [2.75, 3.05) is 78.3 Å². The van der Waals surface area contributed by atoms with Crippen molar-refractivity contribution >= 4 is 5.69 Å². The normalized spacial score (nSPS) is 21.3. The van der Waals surface area contributed by atoms with Crippen molar-refractivity contribution in [1.82, 2.24) is 5.32 Å². The summed E-state index contributed by atoms with van der Waals surface area (Å²) in [7, 11) is 3.46. The van der Waals surface area contributed by atoms with E-state index in [0.29, 0.717) is 32.9 Å². The van der Waals surface area contributed by atoms with Gasteiger partial charge in [-0.1, -0.05) is 18.2 Å². The van der Waals surface area contributed by atoms with E-state index in [1.54, 1.807) is 21.1 Å². The molecule has 2 N–H and O–H groups in total. The van der Waals surface area contributed by atoms with E-state index in [1.165, 1.54) is 0 Å². The Bertz CT molecular complexity index is 1020. The maximum Gasteiger partial charge on any atom is 0.142 e. The van der Waals surface area contributed by atoms with Crippen LogP contribution in [0.1, 0.15) is 43.2 Å². The number of ether oxygens (including phenoxy) is 6. The zero-order chi connectivity index (χ0) is 28.9. The first-order valence-corrected chi connectivity index (χ1v) is 14.9. The van der Waals surface area contributed by atoms with Crippen LogP contribution in [0, 0.1) is 0 Å². The predicted molar refractivity (Wildman–Crippen MR) is 159 cm³/mol. The van der Waals surface area contributed by atoms with Crippen LogP contribution in [0.3, 0.4) is 0 Å². The maximum atomic E-state index is 9.89. The third-order valence-electron chi connectivity index (χ3n) is 7.54. The minimum absolute atomic E-state index is 0.0113. The van der Waals surface area contributed by atoms with Crippen molar-refractivity contribution in [3.05, 3.63) is 53.6 Å². The molecule has 0 amide bonds. The van der Waals surface area contributed by atoms with Crippen LogP contribution in [0.15, 0.2) is 42.5 Å². The zero-order valence-electron chi connectivity index (χ0n) is 24.9. The minimum Gasteiger partial charge on any atom is -0.494 e. The van der Waals surface area contributed by atoms with E-state index in [0.717, 1.165) is 73.9 Å². The minimum atomic E-state index is -0.532. The third kappa shape index (κ3) is 9.56. The molecule has 2 heterocycles. The average molecular weight is 573 g/mol. The van der Waals surface area contributed by atoms with Crippen molar-refractivity contribution in [2.24, 2.45) is 0 Å². The number of aliphatic hydroxyl groups excluding tert-OH is 1. The summed E-state index contributed by atoms with van der Waals surface area (Å²) >= 11 is 0. The van der Waals surface area contributed by atoms with Gasteiger partial charge in [0.2, 0.25) is 0 Å². The lowest BCUT2D eigenvalue weighted by atomic mass is 9.85. The molecule has 1 saturated heterocycles. The molecule has 0 aromatic heterocycles. The third-order valence-corrected chi connectivity index (χ3v) is 7.54. The van der Waals surface area contributed by atoms with Crippen molar-refractivity contribution in [2.45, 2.75) is 57.0 Å². The number of nitrogens with zero attached hydrogens (tertiary/aromatic N) is 1. The molecule has 0 radical (unpaired) electrons. The van der Waals surface area contributed by atoms with Crippen LogP contribution in [0.4, 0.5) is 5.69 Å². The number of piperidine rings is 1. The lowest BCUT2D eigenvalue weighted by Gasteiger charge is -2.39. The van der Waals surface area contributed by atoms with Crippen molar-refractivity contribution in [1.29, 1.82) is 0 Å². The van der Waals surface area contributed by atoms with E-state index in [1.807, 2.05) is 12.1 Å². The molecule has 2 aliphatic rings. The Hall–Kier alpha value is -2.40. The fourth-order valence-electron chi connectivity index (χ4n) is 5.45. The molecule has 0 bridgehead atoms. The van der Waals surface area contributed by atoms with Gasteiger partial charge in [-0.25, -0.2) is 0 Å². The van der Waals surface area contributed by atoms with Crippen LogP contribution in [-0.2, 0) is 25.6 Å². The Balaban J connectivity index is 1.44. The number of fused-ring (bicyclic) bond motifs is 1. The number of aliphatic hydroxyl groups is 1. The molecular weight excluding hydrogens is 524 g/mol. The second kappa shape index (κ2) is 16.9. The van der Waals surface area contributed by atoms with Crippen LogP contribution in [0.5, 0.6) is 11.5 Å². The first kappa shape index (κ1) is 31.5. The Kier molecular flexibility index (Phi) is 13.0. The second-order valence-corrected chi connectivity index (χ2v) is 10.9. The van der Waals surface area contributed by atoms with Crippen LogP contribution < -0.4 is 19.7 Å². The van der Waals surface area contributed by atoms with Crippen molar-refractivity contribution in [3.63, 3.8) is 0 Å². The van der Waals surface area contributed by atoms with Gasteiger partial charge in [-0.15, -0.1) is 0 Å². The highest BCUT2D eigenvalue weighted by Crippen LogP contribution is 2.35. The molecule has 0 spiro atoms. The fourth-order valence-corrected chi connectivity index (χ4v) is 5.45. The standard InChI is InChI=1S/C32H48N2O7/c1-24(35)22-40-30-20-33-21-31(32(30)26-8-10-27(11-9-26)38-17-5-4-15-36-2)41-23-25-7-12-29-28(19-25)34(14-18-39-29)13-6-16-37-3/h7-12,19,24,30-33,35H,4-6,13-18,20-23H2,1-3H3/t24-,30+,31-,32-/m0/s1. The Morgan fingerprint density at radius 2 is 1.68 bits per heavy atom. The average Bonchev–Trinajstić information content (AvgIpc) is 2.99. The lowest BCUT2D eigenvalue weighted by molar-refractivity contribution is -0.0752. The molecule has 9 heteroatoms. The summed E-state index contributed by atoms with van der Waals surface area (Å²) < 4.78 is 35.0. The highest BCUT2D eigenvalue weighted by atomic mass is 16.5. The molecular formula is C32H48N2O7. The van der Waals surface area contributed by atoms with Crippen molar-refractivity contribution < 1.29 is 33.5 Å². The highest BCUT2D eigenvalue weighted by Gasteiger charge is 2.36. The number of benzene rings is 2. The number of rotatable bonds is 17. The number of unbranched alkanes of at least 4 members (excludes halogenated alkanes) is 1. The summed E-state index contributed by atoms with van der Waals surface area (Å²) in [5.74, 6) is 1.78. The Labute approximate surface area is 245 Å². The molecule has 2 aromatic rings. The van der Waals surface area contributed by atoms with E-state index < -0.39 is 6.10 Å². The van der Waals surface area contributed by atoms with Gasteiger partial charge < -0.3 is 43.7 Å². The molecule has 41 heavy (non-hydrogen) atoms. The number of anilines is 1. The largest absolute Gasteiger partial charge is 0.494 e. The first-order valence-electron chi connectivity index (χ1n) is 14.9. The molecule has 4 rings (SSSR count). The monoisotopic (exact) mass is 572 g/mol. The molecule has 2 aliphatic heterocycles. The van der Waals surface area contributed by atoms with Gasteiger partial charge in [0.1, 0.15) is 18.1 Å². The van der Waals surface area contributed by atoms with E-state index in [4.69, 9.17) is 28.4 Å². The Morgan fingerprint density at radius 1 is 0.951 bits per heavy atom. The quantitative estimate of drug-likeness (QED) is 0.275. The van der Waals surface area contributed by atoms with Gasteiger partial charge >= 0.3 is 0 Å². The van der Waals surface area contributed by atoms with Gasteiger partial charge in [0.05, 0.1) is 50.4 Å². The highest BCUT2D eigenvalue weighted by molar-refractivity contribution is 5.61. The molecule has 4 atom stereocenters. The zero-order valence-corrected chi connectivity index (χ0v) is 24.9. The van der Waals surface area contributed by atoms with Crippen LogP contribution in [-0.4, -0.2) is 96.9 Å². The summed E-state index contributed by atoms with van der Waals surface area (Å²) in [6, 6.07) is 14.6. The second-order valence-electron chi connectivity index (χ2n) is 10.9. The van der Waals surface area contributed by atoms with Crippen LogP contribution in [0.25, 0.3) is 0 Å². The molecule has 2 aromatic carbocycles. The van der Waals surface area contributed by atoms with Gasteiger partial charge in [-0.3, -0.25) is 0 Å². The van der Waals surface area contributed by atoms with E-state index in [2.05, 4.69) is 40.5 Å². The topological polar surface area (TPSA) is 90.9 Å². The van der Waals surface area contributed by atoms with E-state index in [9.17, 15) is 5.11 Å². The van der Waals surface area contributed by atoms with Gasteiger partial charge in [0, 0.05) is 53.0 Å². The molecule has 1 fully saturated rings.